The molecule has 2 radical (unpaired) electrons. The molecule has 0 saturated carbocycles. The van der Waals surface area contributed by atoms with Gasteiger partial charge < -0.3 is 35.2 Å². The van der Waals surface area contributed by atoms with Crippen LogP contribution >= 0.6 is 0 Å². The first-order valence-electron chi connectivity index (χ1n) is 11.8. The van der Waals surface area contributed by atoms with E-state index in [1.54, 1.807) is 6.07 Å². The van der Waals surface area contributed by atoms with E-state index in [9.17, 15) is 4.79 Å². The van der Waals surface area contributed by atoms with Gasteiger partial charge in [-0.1, -0.05) is 30.3 Å². The molecule has 1 aromatic heterocycles. The maximum atomic E-state index is 15.0. The minimum absolute atomic E-state index is 0.0297. The van der Waals surface area contributed by atoms with Gasteiger partial charge in [0.25, 0.3) is 0 Å². The monoisotopic (exact) mass is 538 g/mol. The summed E-state index contributed by atoms with van der Waals surface area (Å²) in [5, 5.41) is 15.6. The quantitative estimate of drug-likeness (QED) is 0.199. The van der Waals surface area contributed by atoms with E-state index in [0.29, 0.717) is 43.9 Å². The molecule has 0 spiro atoms. The number of piperazine rings is 1. The predicted octanol–water partition coefficient (Wildman–Crippen LogP) is 0.609. The fourth-order valence-electron chi connectivity index (χ4n) is 3.89. The molecule has 0 atom stereocenters. The number of anilines is 2. The summed E-state index contributed by atoms with van der Waals surface area (Å²) in [5.74, 6) is -2.34. The van der Waals surface area contributed by atoms with Crippen LogP contribution in [0.4, 0.5) is 16.2 Å². The van der Waals surface area contributed by atoms with Gasteiger partial charge in [-0.25, -0.2) is 9.37 Å². The minimum Gasteiger partial charge on any atom is -0.493 e. The number of terminal acetylenes is 1. The number of aliphatic hydroxyl groups is 2. The summed E-state index contributed by atoms with van der Waals surface area (Å²) >= 11 is 0. The molecule has 39 heavy (non-hydrogen) atoms. The lowest BCUT2D eigenvalue weighted by molar-refractivity contribution is -0.131. The number of fused-ring (bicyclic) bond motifs is 1. The zero-order chi connectivity index (χ0) is 29.2. The Morgan fingerprint density at radius 2 is 1.72 bits per heavy atom. The molecule has 1 amide bonds. The van der Waals surface area contributed by atoms with Crippen LogP contribution in [0.5, 0.6) is 11.5 Å². The average molecular weight is 538 g/mol. The molecule has 2 heterocycles. The fraction of sp³-hybridized carbons (Fsp3) is 0.346. The molecule has 4 rings (SSSR count). The normalized spacial score (nSPS) is 13.0. The van der Waals surface area contributed by atoms with Gasteiger partial charge in [-0.3, -0.25) is 10.5 Å². The van der Waals surface area contributed by atoms with Crippen LogP contribution in [0, 0.1) is 18.7 Å². The molecule has 1 aliphatic heterocycles. The third-order valence-electron chi connectivity index (χ3n) is 5.68. The Morgan fingerprint density at radius 3 is 2.26 bits per heavy atom. The lowest BCUT2D eigenvalue weighted by atomic mass is 10.1. The van der Waals surface area contributed by atoms with E-state index >= 15 is 4.39 Å². The minimum atomic E-state index is -2.50. The molecule has 6 N–H and O–H groups in total. The molecule has 1 aliphatic rings. The predicted molar refractivity (Wildman–Crippen MR) is 148 cm³/mol. The van der Waals surface area contributed by atoms with Crippen molar-refractivity contribution < 1.29 is 28.9 Å². The number of benzene rings is 2. The largest absolute Gasteiger partial charge is 0.493 e. The number of hydrogen-bond acceptors (Lipinski definition) is 10. The van der Waals surface area contributed by atoms with Crippen LogP contribution in [0.3, 0.4) is 0 Å². The van der Waals surface area contributed by atoms with Crippen LogP contribution in [0.1, 0.15) is 12.0 Å². The second kappa shape index (κ2) is 14.2. The van der Waals surface area contributed by atoms with Crippen molar-refractivity contribution in [3.63, 3.8) is 0 Å². The molecule has 13 heteroatoms. The molecule has 2 aromatic carbocycles. The molecule has 11 nitrogen and oxygen atoms in total. The lowest BCUT2D eigenvalue weighted by Gasteiger charge is -2.35. The average Bonchev–Trinajstić information content (AvgIpc) is 2.92. The first-order chi connectivity index (χ1) is 18.5. The van der Waals surface area contributed by atoms with Crippen molar-refractivity contribution in [3.05, 3.63) is 47.8 Å². The van der Waals surface area contributed by atoms with Crippen LogP contribution in [-0.4, -0.2) is 85.0 Å². The van der Waals surface area contributed by atoms with E-state index in [1.807, 2.05) is 40.1 Å². The number of methoxy groups -OCH3 is 2. The van der Waals surface area contributed by atoms with Crippen LogP contribution in [0.2, 0.25) is 0 Å². The van der Waals surface area contributed by atoms with Gasteiger partial charge in [0.2, 0.25) is 11.9 Å². The first-order valence-corrected chi connectivity index (χ1v) is 11.8. The number of rotatable bonds is 6. The van der Waals surface area contributed by atoms with Gasteiger partial charge in [0.05, 0.1) is 14.2 Å². The third-order valence-corrected chi connectivity index (χ3v) is 5.68. The number of hydrogen-bond donors (Lipinski definition) is 4. The van der Waals surface area contributed by atoms with Crippen LogP contribution in [-0.2, 0) is 11.2 Å². The number of nitrogens with two attached hydrogens (primary N) is 2. The zero-order valence-electron chi connectivity index (χ0n) is 21.9. The number of amides is 1. The van der Waals surface area contributed by atoms with Gasteiger partial charge in [-0.2, -0.15) is 4.98 Å². The molecule has 206 valence electrons. The second-order valence-electron chi connectivity index (χ2n) is 8.37. The van der Waals surface area contributed by atoms with Gasteiger partial charge in [0.1, 0.15) is 11.3 Å². The van der Waals surface area contributed by atoms with E-state index in [0.717, 1.165) is 12.0 Å². The van der Waals surface area contributed by atoms with Gasteiger partial charge in [-0.15, -0.1) is 12.8 Å². The van der Waals surface area contributed by atoms with Crippen LogP contribution in [0.15, 0.2) is 36.4 Å². The van der Waals surface area contributed by atoms with Gasteiger partial charge in [-0.05, 0) is 18.1 Å². The Morgan fingerprint density at radius 1 is 1.13 bits per heavy atom. The summed E-state index contributed by atoms with van der Waals surface area (Å²) in [7, 11) is 7.04. The van der Waals surface area contributed by atoms with E-state index < -0.39 is 11.6 Å². The number of ether oxygens (including phenoxy) is 2. The Hall–Kier alpha value is -4.12. The Kier molecular flexibility index (Phi) is 11.3. The van der Waals surface area contributed by atoms with Crippen molar-refractivity contribution >= 4 is 36.4 Å². The fourth-order valence-corrected chi connectivity index (χ4v) is 3.89. The molecule has 0 bridgehead atoms. The number of carbonyl (C=O) groups is 1. The SMILES string of the molecule is C#C.COc1cc2c(N)nc(N3CCN(C(=O)CCc4ccccc4)CC3)nc2c(F)c1OC.[B]C(N)(O)O. The summed E-state index contributed by atoms with van der Waals surface area (Å²) in [5.41, 5.74) is 11.6. The van der Waals surface area contributed by atoms with Crippen molar-refractivity contribution in [1.82, 2.24) is 14.9 Å². The number of nitrogens with zero attached hydrogens (tertiary/aromatic N) is 4. The van der Waals surface area contributed by atoms with Crippen molar-refractivity contribution in [2.45, 2.75) is 18.7 Å². The summed E-state index contributed by atoms with van der Waals surface area (Å²) in [6.45, 7) is 2.17. The van der Waals surface area contributed by atoms with Crippen LogP contribution in [0.25, 0.3) is 10.9 Å². The highest BCUT2D eigenvalue weighted by molar-refractivity contribution is 6.12. The third kappa shape index (κ3) is 8.71. The molecular weight excluding hydrogens is 506 g/mol. The molecular formula is C26H32BFN6O5. The maximum Gasteiger partial charge on any atom is 0.228 e. The van der Waals surface area contributed by atoms with Crippen molar-refractivity contribution in [3.8, 4) is 24.3 Å². The number of aromatic nitrogens is 2. The highest BCUT2D eigenvalue weighted by Gasteiger charge is 2.25. The smallest absolute Gasteiger partial charge is 0.228 e. The summed E-state index contributed by atoms with van der Waals surface area (Å²) in [4.78, 5) is 25.1. The van der Waals surface area contributed by atoms with E-state index in [1.165, 1.54) is 14.2 Å². The van der Waals surface area contributed by atoms with Crippen molar-refractivity contribution in [1.29, 1.82) is 0 Å². The second-order valence-corrected chi connectivity index (χ2v) is 8.37. The number of aryl methyl sites for hydroxylation is 1. The first kappa shape index (κ1) is 31.1. The van der Waals surface area contributed by atoms with Gasteiger partial charge >= 0.3 is 0 Å². The van der Waals surface area contributed by atoms with Crippen LogP contribution < -0.4 is 25.8 Å². The molecule has 0 unspecified atom stereocenters. The summed E-state index contributed by atoms with van der Waals surface area (Å²) in [6, 6.07) is 11.5. The highest BCUT2D eigenvalue weighted by atomic mass is 19.1. The highest BCUT2D eigenvalue weighted by Crippen LogP contribution is 2.37. The summed E-state index contributed by atoms with van der Waals surface area (Å²) < 4.78 is 25.3. The van der Waals surface area contributed by atoms with Gasteiger partial charge in [0, 0.05) is 38.0 Å². The topological polar surface area (TPSA) is 160 Å². The molecule has 0 aliphatic carbocycles. The van der Waals surface area contributed by atoms with Crippen molar-refractivity contribution in [2.75, 3.05) is 51.0 Å². The Labute approximate surface area is 227 Å². The lowest BCUT2D eigenvalue weighted by Crippen LogP contribution is -2.49. The molecule has 1 saturated heterocycles. The van der Waals surface area contributed by atoms with Crippen molar-refractivity contribution in [2.24, 2.45) is 5.73 Å². The van der Waals surface area contributed by atoms with E-state index in [4.69, 9.17) is 25.4 Å². The van der Waals surface area contributed by atoms with E-state index in [2.05, 4.69) is 36.4 Å². The summed E-state index contributed by atoms with van der Waals surface area (Å²) in [6.07, 6.45) is 9.19. The maximum absolute atomic E-state index is 15.0. The zero-order valence-corrected chi connectivity index (χ0v) is 21.9. The number of halogens is 1. The Balaban J connectivity index is 0.000000686. The molecule has 1 fully saturated rings. The Bertz CT molecular complexity index is 1260. The number of nitrogen functional groups attached to an aromatic ring is 1. The van der Waals surface area contributed by atoms with E-state index in [-0.39, 0.29) is 28.7 Å². The number of carbonyl (C=O) groups excluding carboxylic acids is 1. The standard InChI is InChI=1S/C23H26FN5O3.C2H2.CH4BNO2/c1-31-17-14-16-20(19(24)21(17)32-2)26-23(27-22(16)25)29-12-10-28(11-13-29)18(30)9-8-15-6-4-3-5-7-15;1-2;2-1(3,4)5/h3-7,14H,8-13H2,1-2H3,(H2,25,26,27);1-2H;4-5H,3H2. The van der Waals surface area contributed by atoms with Gasteiger partial charge in [0.15, 0.2) is 31.0 Å². The molecule has 3 aromatic rings.